The predicted molar refractivity (Wildman–Crippen MR) is 119 cm³/mol. The van der Waals surface area contributed by atoms with Gasteiger partial charge in [-0.15, -0.1) is 0 Å². The molecule has 168 valence electrons. The van der Waals surface area contributed by atoms with E-state index in [0.717, 1.165) is 23.6 Å². The van der Waals surface area contributed by atoms with E-state index in [1.807, 2.05) is 30.3 Å². The van der Waals surface area contributed by atoms with Gasteiger partial charge in [-0.05, 0) is 17.7 Å². The Hall–Kier alpha value is -3.99. The molecule has 0 aliphatic rings. The summed E-state index contributed by atoms with van der Waals surface area (Å²) in [6.07, 6.45) is 0. The number of benzene rings is 2. The average molecular weight is 433 g/mol. The van der Waals surface area contributed by atoms with Crippen LogP contribution in [0.2, 0.25) is 0 Å². The molecule has 0 atom stereocenters. The normalized spacial score (nSPS) is 9.68. The monoisotopic (exact) mass is 433 g/mol. The number of carboxylic acid groups (broad SMARTS) is 1. The van der Waals surface area contributed by atoms with E-state index in [1.54, 1.807) is 21.3 Å². The standard InChI is InChI=1S/C18H21N5O3.C2H4O2.H2O/c1-24-14-7-11(8-15(25-2)16(14)26-3)21-9-10-4-5-13-12(6-10)17(19)23-18(20)22-13;1-2(3)4;/h4-8,21H,9H2,1-3H3,(H4,19,20,22,23);1H3,(H,3,4);1H2. The number of carbonyl (C=O) groups is 1. The van der Waals surface area contributed by atoms with Gasteiger partial charge in [-0.1, -0.05) is 6.07 Å². The summed E-state index contributed by atoms with van der Waals surface area (Å²) in [4.78, 5) is 17.2. The van der Waals surface area contributed by atoms with Gasteiger partial charge in [0.15, 0.2) is 11.5 Å². The van der Waals surface area contributed by atoms with E-state index < -0.39 is 5.97 Å². The van der Waals surface area contributed by atoms with Crippen LogP contribution in [-0.2, 0) is 11.3 Å². The van der Waals surface area contributed by atoms with Crippen LogP contribution in [0.3, 0.4) is 0 Å². The first-order valence-electron chi connectivity index (χ1n) is 8.84. The summed E-state index contributed by atoms with van der Waals surface area (Å²) in [7, 11) is 4.74. The number of nitrogens with one attached hydrogen (secondary N) is 1. The van der Waals surface area contributed by atoms with Gasteiger partial charge in [0.1, 0.15) is 5.82 Å². The zero-order valence-corrected chi connectivity index (χ0v) is 17.7. The van der Waals surface area contributed by atoms with E-state index >= 15 is 0 Å². The molecule has 0 bridgehead atoms. The smallest absolute Gasteiger partial charge is 0.300 e. The zero-order valence-electron chi connectivity index (χ0n) is 17.7. The molecule has 0 unspecified atom stereocenters. The van der Waals surface area contributed by atoms with Crippen LogP contribution < -0.4 is 31.0 Å². The zero-order chi connectivity index (χ0) is 22.3. The Morgan fingerprint density at radius 2 is 1.61 bits per heavy atom. The summed E-state index contributed by atoms with van der Waals surface area (Å²) in [5.41, 5.74) is 14.1. The van der Waals surface area contributed by atoms with Gasteiger partial charge in [0, 0.05) is 36.7 Å². The minimum atomic E-state index is -0.833. The van der Waals surface area contributed by atoms with E-state index in [1.165, 1.54) is 0 Å². The Balaban J connectivity index is 0.000000885. The second-order valence-corrected chi connectivity index (χ2v) is 6.11. The Morgan fingerprint density at radius 3 is 2.13 bits per heavy atom. The summed E-state index contributed by atoms with van der Waals surface area (Å²) in [6.45, 7) is 1.65. The summed E-state index contributed by atoms with van der Waals surface area (Å²) < 4.78 is 16.1. The molecule has 1 aromatic heterocycles. The molecule has 0 spiro atoms. The second kappa shape index (κ2) is 11.3. The Labute approximate surface area is 179 Å². The van der Waals surface area contributed by atoms with E-state index in [-0.39, 0.29) is 11.4 Å². The van der Waals surface area contributed by atoms with Gasteiger partial charge < -0.3 is 41.6 Å². The highest BCUT2D eigenvalue weighted by Crippen LogP contribution is 2.40. The molecular formula is C20H27N5O6. The number of rotatable bonds is 6. The predicted octanol–water partition coefficient (Wildman–Crippen LogP) is 1.70. The van der Waals surface area contributed by atoms with Crippen molar-refractivity contribution in [3.8, 4) is 17.2 Å². The lowest BCUT2D eigenvalue weighted by molar-refractivity contribution is -0.134. The van der Waals surface area contributed by atoms with Crippen molar-refractivity contribution in [1.82, 2.24) is 9.97 Å². The van der Waals surface area contributed by atoms with Gasteiger partial charge in [0.05, 0.1) is 26.8 Å². The van der Waals surface area contributed by atoms with Gasteiger partial charge in [-0.25, -0.2) is 4.98 Å². The number of methoxy groups -OCH3 is 3. The maximum absolute atomic E-state index is 9.00. The number of ether oxygens (including phenoxy) is 3. The van der Waals surface area contributed by atoms with Crippen molar-refractivity contribution in [2.75, 3.05) is 38.1 Å². The van der Waals surface area contributed by atoms with Gasteiger partial charge in [-0.2, -0.15) is 4.98 Å². The van der Waals surface area contributed by atoms with Crippen LogP contribution in [0.5, 0.6) is 17.2 Å². The van der Waals surface area contributed by atoms with Crippen molar-refractivity contribution in [2.24, 2.45) is 0 Å². The van der Waals surface area contributed by atoms with Crippen molar-refractivity contribution >= 4 is 34.3 Å². The van der Waals surface area contributed by atoms with E-state index in [2.05, 4.69) is 15.3 Å². The number of fused-ring (bicyclic) bond motifs is 1. The highest BCUT2D eigenvalue weighted by molar-refractivity contribution is 5.89. The van der Waals surface area contributed by atoms with Crippen molar-refractivity contribution < 1.29 is 29.6 Å². The number of nitrogens with two attached hydrogens (primary N) is 2. The summed E-state index contributed by atoms with van der Waals surface area (Å²) in [6, 6.07) is 9.46. The lowest BCUT2D eigenvalue weighted by Crippen LogP contribution is -2.03. The SMILES string of the molecule is CC(=O)O.COc1cc(NCc2ccc3nc(N)nc(N)c3c2)cc(OC)c1OC.O. The Kier molecular flexibility index (Phi) is 9.10. The van der Waals surface area contributed by atoms with Crippen molar-refractivity contribution in [3.05, 3.63) is 35.9 Å². The Bertz CT molecular complexity index is 1010. The number of nitrogen functional groups attached to an aromatic ring is 2. The Morgan fingerprint density at radius 1 is 1.03 bits per heavy atom. The maximum atomic E-state index is 9.00. The molecule has 0 radical (unpaired) electrons. The first-order valence-corrected chi connectivity index (χ1v) is 8.84. The quantitative estimate of drug-likeness (QED) is 0.445. The third-order valence-corrected chi connectivity index (χ3v) is 3.97. The molecule has 0 aliphatic heterocycles. The fourth-order valence-electron chi connectivity index (χ4n) is 2.72. The minimum absolute atomic E-state index is 0. The molecule has 1 heterocycles. The van der Waals surface area contributed by atoms with Gasteiger partial charge in [0.2, 0.25) is 11.7 Å². The first-order chi connectivity index (χ1) is 14.3. The molecule has 2 aromatic carbocycles. The molecule has 8 N–H and O–H groups in total. The number of aliphatic carboxylic acids is 1. The van der Waals surface area contributed by atoms with E-state index in [4.69, 9.17) is 35.6 Å². The summed E-state index contributed by atoms with van der Waals surface area (Å²) in [5, 5.41) is 11.5. The maximum Gasteiger partial charge on any atom is 0.300 e. The number of aromatic nitrogens is 2. The van der Waals surface area contributed by atoms with Crippen LogP contribution in [-0.4, -0.2) is 47.8 Å². The van der Waals surface area contributed by atoms with Crippen LogP contribution in [0.25, 0.3) is 10.9 Å². The van der Waals surface area contributed by atoms with Gasteiger partial charge >= 0.3 is 0 Å². The second-order valence-electron chi connectivity index (χ2n) is 6.11. The lowest BCUT2D eigenvalue weighted by Gasteiger charge is -2.15. The van der Waals surface area contributed by atoms with Gasteiger partial charge in [-0.3, -0.25) is 4.79 Å². The highest BCUT2D eigenvalue weighted by atomic mass is 16.5. The van der Waals surface area contributed by atoms with Gasteiger partial charge in [0.25, 0.3) is 5.97 Å². The molecule has 3 rings (SSSR count). The number of anilines is 3. The number of hydrogen-bond donors (Lipinski definition) is 4. The van der Waals surface area contributed by atoms with Crippen LogP contribution in [0.4, 0.5) is 17.5 Å². The third kappa shape index (κ3) is 6.51. The number of carboxylic acids is 1. The third-order valence-electron chi connectivity index (χ3n) is 3.97. The highest BCUT2D eigenvalue weighted by Gasteiger charge is 2.13. The summed E-state index contributed by atoms with van der Waals surface area (Å²) >= 11 is 0. The van der Waals surface area contributed by atoms with Crippen LogP contribution >= 0.6 is 0 Å². The molecule has 11 nitrogen and oxygen atoms in total. The fraction of sp³-hybridized carbons (Fsp3) is 0.250. The molecular weight excluding hydrogens is 406 g/mol. The van der Waals surface area contributed by atoms with Crippen LogP contribution in [0.15, 0.2) is 30.3 Å². The molecule has 0 amide bonds. The molecule has 31 heavy (non-hydrogen) atoms. The van der Waals surface area contributed by atoms with E-state index in [0.29, 0.717) is 35.1 Å². The van der Waals surface area contributed by atoms with Crippen LogP contribution in [0.1, 0.15) is 12.5 Å². The molecule has 0 fully saturated rings. The number of hydrogen-bond acceptors (Lipinski definition) is 9. The van der Waals surface area contributed by atoms with Crippen molar-refractivity contribution in [3.63, 3.8) is 0 Å². The molecule has 0 saturated carbocycles. The average Bonchev–Trinajstić information content (AvgIpc) is 2.71. The van der Waals surface area contributed by atoms with Crippen molar-refractivity contribution in [2.45, 2.75) is 13.5 Å². The molecule has 0 aliphatic carbocycles. The fourth-order valence-corrected chi connectivity index (χ4v) is 2.72. The van der Waals surface area contributed by atoms with Crippen LogP contribution in [0, 0.1) is 0 Å². The first kappa shape index (κ1) is 25.0. The topological polar surface area (TPSA) is 186 Å². The summed E-state index contributed by atoms with van der Waals surface area (Å²) in [5.74, 6) is 1.41. The van der Waals surface area contributed by atoms with E-state index in [9.17, 15) is 0 Å². The molecule has 11 heteroatoms. The molecule has 0 saturated heterocycles. The lowest BCUT2D eigenvalue weighted by atomic mass is 10.1. The largest absolute Gasteiger partial charge is 0.493 e. The molecule has 3 aromatic rings. The minimum Gasteiger partial charge on any atom is -0.493 e. The van der Waals surface area contributed by atoms with Crippen molar-refractivity contribution in [1.29, 1.82) is 0 Å². The number of nitrogens with zero attached hydrogens (tertiary/aromatic N) is 2.